The van der Waals surface area contributed by atoms with Gasteiger partial charge in [-0.1, -0.05) is 25.1 Å². The Labute approximate surface area is 152 Å². The largest absolute Gasteiger partial charge is 0.478 e. The maximum Gasteiger partial charge on any atom is 0.336 e. The van der Waals surface area contributed by atoms with Gasteiger partial charge in [0.2, 0.25) is 5.91 Å². The number of carboxylic acid groups (broad SMARTS) is 1. The summed E-state index contributed by atoms with van der Waals surface area (Å²) in [7, 11) is -3.23. The third-order valence-corrected chi connectivity index (χ3v) is 5.81. The normalized spacial score (nSPS) is 11.2. The van der Waals surface area contributed by atoms with Crippen molar-refractivity contribution in [3.8, 4) is 0 Å². The third kappa shape index (κ3) is 4.92. The van der Waals surface area contributed by atoms with Gasteiger partial charge in [-0.2, -0.15) is 0 Å². The molecule has 0 bridgehead atoms. The fourth-order valence-corrected chi connectivity index (χ4v) is 3.33. The molecule has 0 heterocycles. The number of sulfone groups is 1. The van der Waals surface area contributed by atoms with Gasteiger partial charge in [-0.05, 0) is 48.7 Å². The average molecular weight is 375 g/mol. The molecule has 0 aliphatic heterocycles. The summed E-state index contributed by atoms with van der Waals surface area (Å²) in [4.78, 5) is 23.5. The number of carboxylic acids is 1. The molecule has 6 nitrogen and oxygen atoms in total. The summed E-state index contributed by atoms with van der Waals surface area (Å²) in [6, 6.07) is 11.2. The molecule has 1 amide bonds. The highest BCUT2D eigenvalue weighted by atomic mass is 32.2. The minimum Gasteiger partial charge on any atom is -0.478 e. The van der Waals surface area contributed by atoms with Crippen LogP contribution in [0.1, 0.15) is 34.8 Å². The van der Waals surface area contributed by atoms with Crippen LogP contribution in [0.4, 0.5) is 5.69 Å². The summed E-state index contributed by atoms with van der Waals surface area (Å²) < 4.78 is 23.5. The molecule has 0 radical (unpaired) electrons. The van der Waals surface area contributed by atoms with E-state index in [-0.39, 0.29) is 28.5 Å². The summed E-state index contributed by atoms with van der Waals surface area (Å²) in [5, 5.41) is 11.8. The Morgan fingerprint density at radius 1 is 1.08 bits per heavy atom. The lowest BCUT2D eigenvalue weighted by molar-refractivity contribution is -0.116. The predicted octanol–water partition coefficient (Wildman–Crippen LogP) is 3.06. The molecule has 0 atom stereocenters. The smallest absolute Gasteiger partial charge is 0.336 e. The molecule has 0 spiro atoms. The molecular weight excluding hydrogens is 354 g/mol. The first kappa shape index (κ1) is 19.7. The van der Waals surface area contributed by atoms with E-state index in [1.54, 1.807) is 50.2 Å². The Morgan fingerprint density at radius 3 is 2.31 bits per heavy atom. The van der Waals surface area contributed by atoms with Gasteiger partial charge in [0.1, 0.15) is 0 Å². The lowest BCUT2D eigenvalue weighted by Crippen LogP contribution is -2.13. The van der Waals surface area contributed by atoms with Crippen molar-refractivity contribution in [2.75, 3.05) is 11.1 Å². The molecule has 7 heteroatoms. The highest BCUT2D eigenvalue weighted by Gasteiger charge is 2.12. The Morgan fingerprint density at radius 2 is 1.73 bits per heavy atom. The molecule has 26 heavy (non-hydrogen) atoms. The monoisotopic (exact) mass is 375 g/mol. The van der Waals surface area contributed by atoms with Gasteiger partial charge in [-0.15, -0.1) is 0 Å². The minimum absolute atomic E-state index is 0.0453. The van der Waals surface area contributed by atoms with Gasteiger partial charge in [-0.25, -0.2) is 13.2 Å². The second-order valence-corrected chi connectivity index (χ2v) is 8.21. The average Bonchev–Trinajstić information content (AvgIpc) is 2.61. The lowest BCUT2D eigenvalue weighted by Gasteiger charge is -2.08. The molecule has 0 saturated carbocycles. The minimum atomic E-state index is -3.23. The Bertz CT molecular complexity index is 917. The van der Waals surface area contributed by atoms with E-state index < -0.39 is 15.8 Å². The molecule has 2 rings (SSSR count). The summed E-state index contributed by atoms with van der Waals surface area (Å²) in [6.07, 6.45) is 0.659. The SMILES string of the molecule is CCS(=O)(=O)c1ccc(CCC(=O)Nc2ccc(C)c(C(=O)O)c2)cc1. The number of hydrogen-bond donors (Lipinski definition) is 2. The summed E-state index contributed by atoms with van der Waals surface area (Å²) >= 11 is 0. The van der Waals surface area contributed by atoms with E-state index >= 15 is 0 Å². The standard InChI is InChI=1S/C19H21NO5S/c1-3-26(24,25)16-9-5-14(6-10-16)7-11-18(21)20-15-8-4-13(2)17(12-15)19(22)23/h4-6,8-10,12H,3,7,11H2,1-2H3,(H,20,21)(H,22,23). The van der Waals surface area contributed by atoms with E-state index in [0.29, 0.717) is 17.7 Å². The van der Waals surface area contributed by atoms with E-state index in [1.807, 2.05) is 0 Å². The van der Waals surface area contributed by atoms with Crippen molar-refractivity contribution in [3.05, 3.63) is 59.2 Å². The molecule has 2 N–H and O–H groups in total. The van der Waals surface area contributed by atoms with E-state index in [4.69, 9.17) is 5.11 Å². The summed E-state index contributed by atoms with van der Waals surface area (Å²) in [6.45, 7) is 3.28. The molecule has 0 unspecified atom stereocenters. The zero-order valence-electron chi connectivity index (χ0n) is 14.7. The van der Waals surface area contributed by atoms with Gasteiger partial charge in [-0.3, -0.25) is 4.79 Å². The van der Waals surface area contributed by atoms with Crippen molar-refractivity contribution in [1.82, 2.24) is 0 Å². The van der Waals surface area contributed by atoms with Gasteiger partial charge in [0.15, 0.2) is 9.84 Å². The molecule has 0 fully saturated rings. The first-order valence-electron chi connectivity index (χ1n) is 8.18. The van der Waals surface area contributed by atoms with Gasteiger partial charge in [0.05, 0.1) is 16.2 Å². The number of hydrogen-bond acceptors (Lipinski definition) is 4. The maximum absolute atomic E-state index is 12.1. The number of benzene rings is 2. The zero-order valence-corrected chi connectivity index (χ0v) is 15.5. The van der Waals surface area contributed by atoms with Crippen molar-refractivity contribution in [2.24, 2.45) is 0 Å². The number of nitrogens with one attached hydrogen (secondary N) is 1. The number of aryl methyl sites for hydroxylation is 2. The van der Waals surface area contributed by atoms with Gasteiger partial charge < -0.3 is 10.4 Å². The Hall–Kier alpha value is -2.67. The van der Waals surface area contributed by atoms with Gasteiger partial charge in [0.25, 0.3) is 0 Å². The third-order valence-electron chi connectivity index (χ3n) is 4.05. The topological polar surface area (TPSA) is 101 Å². The van der Waals surface area contributed by atoms with Crippen LogP contribution in [0.5, 0.6) is 0 Å². The van der Waals surface area contributed by atoms with E-state index in [0.717, 1.165) is 5.56 Å². The molecule has 0 aliphatic rings. The quantitative estimate of drug-likeness (QED) is 0.775. The van der Waals surface area contributed by atoms with Crippen LogP contribution in [0.3, 0.4) is 0 Å². The summed E-state index contributed by atoms with van der Waals surface area (Å²) in [5.41, 5.74) is 2.06. The van der Waals surface area contributed by atoms with E-state index in [2.05, 4.69) is 5.32 Å². The highest BCUT2D eigenvalue weighted by Crippen LogP contribution is 2.17. The first-order valence-corrected chi connectivity index (χ1v) is 9.83. The number of amides is 1. The molecule has 0 saturated heterocycles. The van der Waals surface area contributed by atoms with E-state index in [1.165, 1.54) is 6.07 Å². The van der Waals surface area contributed by atoms with Crippen LogP contribution in [-0.2, 0) is 21.1 Å². The van der Waals surface area contributed by atoms with Crippen LogP contribution < -0.4 is 5.32 Å². The van der Waals surface area contributed by atoms with Crippen molar-refractivity contribution in [3.63, 3.8) is 0 Å². The highest BCUT2D eigenvalue weighted by molar-refractivity contribution is 7.91. The molecule has 2 aromatic carbocycles. The molecule has 138 valence electrons. The Balaban J connectivity index is 1.97. The number of aromatic carboxylic acids is 1. The van der Waals surface area contributed by atoms with Crippen LogP contribution >= 0.6 is 0 Å². The van der Waals surface area contributed by atoms with Crippen molar-refractivity contribution in [2.45, 2.75) is 31.6 Å². The number of rotatable bonds is 7. The molecule has 0 aliphatic carbocycles. The maximum atomic E-state index is 12.1. The fraction of sp³-hybridized carbons (Fsp3) is 0.263. The van der Waals surface area contributed by atoms with Crippen LogP contribution in [0.15, 0.2) is 47.4 Å². The van der Waals surface area contributed by atoms with Crippen LogP contribution in [-0.4, -0.2) is 31.2 Å². The summed E-state index contributed by atoms with van der Waals surface area (Å²) in [5.74, 6) is -1.24. The second kappa shape index (κ2) is 8.14. The van der Waals surface area contributed by atoms with Crippen molar-refractivity contribution < 1.29 is 23.1 Å². The molecule has 0 aromatic heterocycles. The van der Waals surface area contributed by atoms with Crippen LogP contribution in [0.25, 0.3) is 0 Å². The predicted molar refractivity (Wildman–Crippen MR) is 99.3 cm³/mol. The first-order chi connectivity index (χ1) is 12.2. The van der Waals surface area contributed by atoms with Crippen molar-refractivity contribution in [1.29, 1.82) is 0 Å². The number of carbonyl (C=O) groups excluding carboxylic acids is 1. The number of carbonyl (C=O) groups is 2. The second-order valence-electron chi connectivity index (χ2n) is 5.93. The van der Waals surface area contributed by atoms with Crippen molar-refractivity contribution >= 4 is 27.4 Å². The molecule has 2 aromatic rings. The van der Waals surface area contributed by atoms with Crippen LogP contribution in [0.2, 0.25) is 0 Å². The lowest BCUT2D eigenvalue weighted by atomic mass is 10.1. The van der Waals surface area contributed by atoms with Crippen LogP contribution in [0, 0.1) is 6.92 Å². The molecular formula is C19H21NO5S. The fourth-order valence-electron chi connectivity index (χ4n) is 2.44. The van der Waals surface area contributed by atoms with Gasteiger partial charge in [0, 0.05) is 12.1 Å². The van der Waals surface area contributed by atoms with Gasteiger partial charge >= 0.3 is 5.97 Å². The zero-order chi connectivity index (χ0) is 19.3. The number of anilines is 1. The Kier molecular flexibility index (Phi) is 6.15. The van der Waals surface area contributed by atoms with E-state index in [9.17, 15) is 18.0 Å².